The molecule has 120 valence electrons. The van der Waals surface area contributed by atoms with Crippen LogP contribution in [0.3, 0.4) is 0 Å². The minimum Gasteiger partial charge on any atom is -0.423 e. The summed E-state index contributed by atoms with van der Waals surface area (Å²) in [6.45, 7) is 3.96. The minimum atomic E-state index is 0.474. The van der Waals surface area contributed by atoms with Gasteiger partial charge in [-0.2, -0.15) is 4.98 Å². The van der Waals surface area contributed by atoms with Crippen molar-refractivity contribution in [2.45, 2.75) is 13.8 Å². The number of hydrogen-bond acceptors (Lipinski definition) is 5. The van der Waals surface area contributed by atoms with Gasteiger partial charge in [-0.1, -0.05) is 18.2 Å². The lowest BCUT2D eigenvalue weighted by atomic mass is 10.2. The zero-order valence-electron chi connectivity index (χ0n) is 13.7. The largest absolute Gasteiger partial charge is 0.423 e. The van der Waals surface area contributed by atoms with Crippen LogP contribution >= 0.6 is 0 Å². The van der Waals surface area contributed by atoms with Crippen molar-refractivity contribution >= 4 is 22.8 Å². The molecule has 0 radical (unpaired) electrons. The third-order valence-corrected chi connectivity index (χ3v) is 4.01. The molecule has 0 saturated carbocycles. The van der Waals surface area contributed by atoms with E-state index in [1.807, 2.05) is 67.9 Å². The first kappa shape index (κ1) is 14.4. The van der Waals surface area contributed by atoms with Gasteiger partial charge >= 0.3 is 0 Å². The fourth-order valence-corrected chi connectivity index (χ4v) is 2.61. The first-order valence-corrected chi connectivity index (χ1v) is 7.71. The summed E-state index contributed by atoms with van der Waals surface area (Å²) >= 11 is 0. The summed E-state index contributed by atoms with van der Waals surface area (Å²) in [5, 5.41) is 11.5. The fraction of sp³-hybridized carbons (Fsp3) is 0.167. The molecule has 0 bridgehead atoms. The van der Waals surface area contributed by atoms with E-state index < -0.39 is 0 Å². The highest BCUT2D eigenvalue weighted by Crippen LogP contribution is 2.26. The molecule has 0 spiro atoms. The molecule has 0 fully saturated rings. The van der Waals surface area contributed by atoms with Gasteiger partial charge in [-0.15, -0.1) is 10.2 Å². The van der Waals surface area contributed by atoms with Crippen molar-refractivity contribution in [1.29, 1.82) is 0 Å². The van der Waals surface area contributed by atoms with E-state index in [2.05, 4.69) is 20.5 Å². The van der Waals surface area contributed by atoms with Crippen LogP contribution in [-0.2, 0) is 7.05 Å². The SMILES string of the molecule is Cc1ccc2oc(Nc3cccc(-c4nnc(C)n4C)c3)nc2c1. The van der Waals surface area contributed by atoms with Crippen LogP contribution in [0.2, 0.25) is 0 Å². The van der Waals surface area contributed by atoms with E-state index in [0.717, 1.165) is 39.6 Å². The predicted molar refractivity (Wildman–Crippen MR) is 93.2 cm³/mol. The molecule has 6 nitrogen and oxygen atoms in total. The third-order valence-electron chi connectivity index (χ3n) is 4.01. The Bertz CT molecular complexity index is 1030. The maximum atomic E-state index is 5.74. The molecule has 0 unspecified atom stereocenters. The quantitative estimate of drug-likeness (QED) is 0.618. The highest BCUT2D eigenvalue weighted by Gasteiger charge is 2.10. The Hall–Kier alpha value is -3.15. The highest BCUT2D eigenvalue weighted by molar-refractivity contribution is 5.76. The number of nitrogens with one attached hydrogen (secondary N) is 1. The predicted octanol–water partition coefficient (Wildman–Crippen LogP) is 3.98. The van der Waals surface area contributed by atoms with Crippen molar-refractivity contribution < 1.29 is 4.42 Å². The molecule has 2 heterocycles. The van der Waals surface area contributed by atoms with Crippen LogP contribution in [0.5, 0.6) is 0 Å². The van der Waals surface area contributed by atoms with Crippen LogP contribution in [0.1, 0.15) is 11.4 Å². The molecule has 0 amide bonds. The fourth-order valence-electron chi connectivity index (χ4n) is 2.61. The lowest BCUT2D eigenvalue weighted by Gasteiger charge is -2.05. The van der Waals surface area contributed by atoms with Crippen molar-refractivity contribution in [2.75, 3.05) is 5.32 Å². The standard InChI is InChI=1S/C18H17N5O/c1-11-7-8-16-15(9-11)20-18(24-16)19-14-6-4-5-13(10-14)17-22-21-12(2)23(17)3/h4-10H,1-3H3,(H,19,20). The average Bonchev–Trinajstić information content (AvgIpc) is 3.10. The van der Waals surface area contributed by atoms with Gasteiger partial charge < -0.3 is 14.3 Å². The Morgan fingerprint density at radius 1 is 1.04 bits per heavy atom. The smallest absolute Gasteiger partial charge is 0.300 e. The minimum absolute atomic E-state index is 0.474. The molecule has 0 aliphatic carbocycles. The van der Waals surface area contributed by atoms with E-state index in [9.17, 15) is 0 Å². The highest BCUT2D eigenvalue weighted by atomic mass is 16.4. The Morgan fingerprint density at radius 3 is 2.71 bits per heavy atom. The Balaban J connectivity index is 1.66. The van der Waals surface area contributed by atoms with E-state index in [1.165, 1.54) is 0 Å². The molecular formula is C18H17N5O. The van der Waals surface area contributed by atoms with E-state index in [4.69, 9.17) is 4.42 Å². The lowest BCUT2D eigenvalue weighted by Crippen LogP contribution is -1.96. The van der Waals surface area contributed by atoms with Gasteiger partial charge in [0.2, 0.25) is 0 Å². The number of benzene rings is 2. The summed E-state index contributed by atoms with van der Waals surface area (Å²) in [5.74, 6) is 1.70. The molecular weight excluding hydrogens is 302 g/mol. The number of hydrogen-bond donors (Lipinski definition) is 1. The van der Waals surface area contributed by atoms with E-state index in [1.54, 1.807) is 0 Å². The van der Waals surface area contributed by atoms with Gasteiger partial charge in [-0.05, 0) is 43.7 Å². The maximum Gasteiger partial charge on any atom is 0.300 e. The molecule has 0 aliphatic rings. The van der Waals surface area contributed by atoms with Crippen molar-refractivity contribution in [2.24, 2.45) is 7.05 Å². The van der Waals surface area contributed by atoms with Gasteiger partial charge in [0.15, 0.2) is 11.4 Å². The van der Waals surface area contributed by atoms with Crippen LogP contribution in [0.15, 0.2) is 46.9 Å². The zero-order chi connectivity index (χ0) is 16.7. The van der Waals surface area contributed by atoms with E-state index >= 15 is 0 Å². The lowest BCUT2D eigenvalue weighted by molar-refractivity contribution is 0.623. The second-order valence-electron chi connectivity index (χ2n) is 5.83. The van der Waals surface area contributed by atoms with Gasteiger partial charge in [0.25, 0.3) is 6.01 Å². The summed E-state index contributed by atoms with van der Waals surface area (Å²) in [4.78, 5) is 4.48. The number of fused-ring (bicyclic) bond motifs is 1. The third kappa shape index (κ3) is 2.52. The second kappa shape index (κ2) is 5.49. The first-order chi connectivity index (χ1) is 11.6. The first-order valence-electron chi connectivity index (χ1n) is 7.71. The van der Waals surface area contributed by atoms with Crippen LogP contribution in [0.4, 0.5) is 11.7 Å². The second-order valence-corrected chi connectivity index (χ2v) is 5.83. The Kier molecular flexibility index (Phi) is 3.30. The van der Waals surface area contributed by atoms with E-state index in [-0.39, 0.29) is 0 Å². The summed E-state index contributed by atoms with van der Waals surface area (Å²) in [7, 11) is 1.95. The van der Waals surface area contributed by atoms with Gasteiger partial charge in [-0.3, -0.25) is 0 Å². The van der Waals surface area contributed by atoms with Crippen molar-refractivity contribution in [1.82, 2.24) is 19.7 Å². The number of aromatic nitrogens is 4. The average molecular weight is 319 g/mol. The summed E-state index contributed by atoms with van der Waals surface area (Å²) in [6, 6.07) is 14.4. The molecule has 2 aromatic carbocycles. The monoisotopic (exact) mass is 319 g/mol. The van der Waals surface area contributed by atoms with Crippen LogP contribution in [0.25, 0.3) is 22.5 Å². The number of rotatable bonds is 3. The number of nitrogens with zero attached hydrogens (tertiary/aromatic N) is 4. The van der Waals surface area contributed by atoms with Crippen LogP contribution < -0.4 is 5.32 Å². The molecule has 0 saturated heterocycles. The molecule has 6 heteroatoms. The maximum absolute atomic E-state index is 5.74. The van der Waals surface area contributed by atoms with E-state index in [0.29, 0.717) is 6.01 Å². The van der Waals surface area contributed by atoms with Gasteiger partial charge in [0, 0.05) is 18.3 Å². The molecule has 0 atom stereocenters. The molecule has 0 aliphatic heterocycles. The summed E-state index contributed by atoms with van der Waals surface area (Å²) in [6.07, 6.45) is 0. The van der Waals surface area contributed by atoms with Gasteiger partial charge in [0.05, 0.1) is 0 Å². The normalized spacial score (nSPS) is 11.1. The molecule has 1 N–H and O–H groups in total. The topological polar surface area (TPSA) is 68.8 Å². The van der Waals surface area contributed by atoms with Crippen LogP contribution in [-0.4, -0.2) is 19.7 Å². The van der Waals surface area contributed by atoms with Gasteiger partial charge in [0.1, 0.15) is 11.3 Å². The number of oxazole rings is 1. The number of anilines is 2. The van der Waals surface area contributed by atoms with Crippen LogP contribution in [0, 0.1) is 13.8 Å². The zero-order valence-corrected chi connectivity index (χ0v) is 13.7. The van der Waals surface area contributed by atoms with Crippen molar-refractivity contribution in [3.8, 4) is 11.4 Å². The Labute approximate surface area is 139 Å². The Morgan fingerprint density at radius 2 is 1.92 bits per heavy atom. The molecule has 24 heavy (non-hydrogen) atoms. The number of aryl methyl sites for hydroxylation is 2. The summed E-state index contributed by atoms with van der Waals surface area (Å²) < 4.78 is 7.70. The summed E-state index contributed by atoms with van der Waals surface area (Å²) in [5.41, 5.74) is 4.63. The molecule has 4 aromatic rings. The molecule has 4 rings (SSSR count). The van der Waals surface area contributed by atoms with Gasteiger partial charge in [-0.25, -0.2) is 0 Å². The molecule has 2 aromatic heterocycles. The van der Waals surface area contributed by atoms with Crippen molar-refractivity contribution in [3.05, 3.63) is 53.9 Å². The van der Waals surface area contributed by atoms with Crippen molar-refractivity contribution in [3.63, 3.8) is 0 Å².